The first kappa shape index (κ1) is 19.8. The zero-order valence-electron chi connectivity index (χ0n) is 15.1. The molecule has 1 amide bonds. The number of benzene rings is 2. The predicted molar refractivity (Wildman–Crippen MR) is 114 cm³/mol. The molecular weight excluding hydrogens is 378 g/mol. The van der Waals surface area contributed by atoms with Gasteiger partial charge in [-0.3, -0.25) is 10.1 Å². The molecule has 0 bridgehead atoms. The van der Waals surface area contributed by atoms with Crippen molar-refractivity contribution in [2.45, 2.75) is 37.8 Å². The quantitative estimate of drug-likeness (QED) is 0.607. The van der Waals surface area contributed by atoms with Crippen LogP contribution in [0, 0.1) is 0 Å². The minimum Gasteiger partial charge on any atom is -0.355 e. The average molecular weight is 402 g/mol. The van der Waals surface area contributed by atoms with E-state index in [-0.39, 0.29) is 30.4 Å². The Balaban J connectivity index is 0.00000210. The van der Waals surface area contributed by atoms with E-state index in [4.69, 9.17) is 0 Å². The fourth-order valence-corrected chi connectivity index (χ4v) is 4.51. The van der Waals surface area contributed by atoms with Crippen LogP contribution in [0.15, 0.2) is 54.6 Å². The minimum absolute atomic E-state index is 0. The van der Waals surface area contributed by atoms with Gasteiger partial charge in [0, 0.05) is 19.0 Å². The Morgan fingerprint density at radius 3 is 2.70 bits per heavy atom. The summed E-state index contributed by atoms with van der Waals surface area (Å²) in [6, 6.07) is 18.8. The van der Waals surface area contributed by atoms with Gasteiger partial charge in [0.2, 0.25) is 5.91 Å². The third-order valence-corrected chi connectivity index (χ3v) is 5.97. The van der Waals surface area contributed by atoms with Gasteiger partial charge in [-0.1, -0.05) is 42.5 Å². The molecule has 27 heavy (non-hydrogen) atoms. The number of nitrogens with zero attached hydrogens (tertiary/aromatic N) is 1. The van der Waals surface area contributed by atoms with Crippen molar-refractivity contribution in [2.75, 3.05) is 6.54 Å². The molecule has 0 aliphatic carbocycles. The van der Waals surface area contributed by atoms with E-state index in [0.29, 0.717) is 6.54 Å². The number of hydrogen-bond donors (Lipinski definition) is 2. The molecule has 1 aromatic heterocycles. The number of para-hydroxylation sites is 1. The van der Waals surface area contributed by atoms with Crippen LogP contribution in [0.5, 0.6) is 0 Å². The average Bonchev–Trinajstić information content (AvgIpc) is 3.32. The van der Waals surface area contributed by atoms with Gasteiger partial charge in [0.15, 0.2) is 0 Å². The van der Waals surface area contributed by atoms with Gasteiger partial charge >= 0.3 is 0 Å². The summed E-state index contributed by atoms with van der Waals surface area (Å²) in [5.74, 6) is 0.118. The van der Waals surface area contributed by atoms with E-state index < -0.39 is 0 Å². The molecule has 4 rings (SSSR count). The van der Waals surface area contributed by atoms with E-state index in [1.54, 1.807) is 11.3 Å². The van der Waals surface area contributed by atoms with Crippen molar-refractivity contribution >= 4 is 39.9 Å². The number of thiazole rings is 1. The highest BCUT2D eigenvalue weighted by Crippen LogP contribution is 2.26. The molecular formula is C21H24ClN3OS. The number of hydrogen-bond acceptors (Lipinski definition) is 4. The van der Waals surface area contributed by atoms with E-state index in [0.717, 1.165) is 36.2 Å². The highest BCUT2D eigenvalue weighted by Gasteiger charge is 2.29. The van der Waals surface area contributed by atoms with Crippen molar-refractivity contribution in [2.24, 2.45) is 0 Å². The number of rotatable bonds is 6. The van der Waals surface area contributed by atoms with Gasteiger partial charge < -0.3 is 5.32 Å². The topological polar surface area (TPSA) is 54.0 Å². The summed E-state index contributed by atoms with van der Waals surface area (Å²) in [5, 5.41) is 7.68. The van der Waals surface area contributed by atoms with Crippen molar-refractivity contribution in [1.29, 1.82) is 0 Å². The van der Waals surface area contributed by atoms with Crippen molar-refractivity contribution in [3.05, 3.63) is 65.2 Å². The van der Waals surface area contributed by atoms with Crippen molar-refractivity contribution in [3.8, 4) is 0 Å². The first-order chi connectivity index (χ1) is 12.8. The number of halogens is 1. The smallest absolute Gasteiger partial charge is 0.237 e. The van der Waals surface area contributed by atoms with Gasteiger partial charge in [-0.05, 0) is 37.0 Å². The molecule has 142 valence electrons. The maximum Gasteiger partial charge on any atom is 0.237 e. The lowest BCUT2D eigenvalue weighted by Gasteiger charge is -2.14. The minimum atomic E-state index is -0.0809. The number of nitrogens with one attached hydrogen (secondary N) is 2. The van der Waals surface area contributed by atoms with Gasteiger partial charge in [-0.2, -0.15) is 0 Å². The van der Waals surface area contributed by atoms with Gasteiger partial charge in [0.1, 0.15) is 0 Å². The van der Waals surface area contributed by atoms with E-state index >= 15 is 0 Å². The lowest BCUT2D eigenvalue weighted by Crippen LogP contribution is -2.41. The molecule has 2 atom stereocenters. The molecule has 2 heterocycles. The van der Waals surface area contributed by atoms with Crippen molar-refractivity contribution < 1.29 is 4.79 Å². The number of carbonyl (C=O) groups is 1. The molecule has 6 heteroatoms. The highest BCUT2D eigenvalue weighted by atomic mass is 35.5. The molecule has 2 N–H and O–H groups in total. The fourth-order valence-electron chi connectivity index (χ4n) is 3.50. The van der Waals surface area contributed by atoms with Gasteiger partial charge in [0.25, 0.3) is 0 Å². The van der Waals surface area contributed by atoms with Crippen LogP contribution in [0.2, 0.25) is 0 Å². The Labute approximate surface area is 169 Å². The maximum atomic E-state index is 12.4. The summed E-state index contributed by atoms with van der Waals surface area (Å²) in [6.45, 7) is 0.697. The third-order valence-electron chi connectivity index (χ3n) is 4.87. The molecule has 1 aliphatic heterocycles. The van der Waals surface area contributed by atoms with Crippen molar-refractivity contribution in [1.82, 2.24) is 15.6 Å². The zero-order chi connectivity index (χ0) is 17.8. The number of fused-ring (bicyclic) bond motifs is 1. The first-order valence-corrected chi connectivity index (χ1v) is 10.0. The number of carbonyl (C=O) groups excluding carboxylic acids is 1. The Morgan fingerprint density at radius 2 is 1.89 bits per heavy atom. The second-order valence-corrected chi connectivity index (χ2v) is 7.84. The molecule has 0 saturated carbocycles. The molecule has 0 radical (unpaired) electrons. The Hall–Kier alpha value is -1.95. The third kappa shape index (κ3) is 4.86. The summed E-state index contributed by atoms with van der Waals surface area (Å²) in [7, 11) is 0. The SMILES string of the molecule is Cl.O=C(NCCCc1nc2ccccc2s1)[C@H]1CC[C@H](c2ccccc2)N1. The molecule has 2 aromatic carbocycles. The maximum absolute atomic E-state index is 12.4. The molecule has 3 aromatic rings. The van der Waals surface area contributed by atoms with Crippen LogP contribution in [-0.4, -0.2) is 23.5 Å². The van der Waals surface area contributed by atoms with Gasteiger partial charge in [-0.25, -0.2) is 4.98 Å². The van der Waals surface area contributed by atoms with E-state index in [1.807, 2.05) is 36.4 Å². The second-order valence-electron chi connectivity index (χ2n) is 6.73. The molecule has 1 saturated heterocycles. The lowest BCUT2D eigenvalue weighted by molar-refractivity contribution is -0.122. The molecule has 0 spiro atoms. The molecule has 1 aliphatic rings. The van der Waals surface area contributed by atoms with Gasteiger partial charge in [0.05, 0.1) is 21.3 Å². The Morgan fingerprint density at radius 1 is 1.11 bits per heavy atom. The van der Waals surface area contributed by atoms with E-state index in [1.165, 1.54) is 10.3 Å². The molecule has 4 nitrogen and oxygen atoms in total. The largest absolute Gasteiger partial charge is 0.355 e. The summed E-state index contributed by atoms with van der Waals surface area (Å²) < 4.78 is 1.23. The van der Waals surface area contributed by atoms with Crippen molar-refractivity contribution in [3.63, 3.8) is 0 Å². The van der Waals surface area contributed by atoms with Crippen LogP contribution < -0.4 is 10.6 Å². The first-order valence-electron chi connectivity index (χ1n) is 9.23. The Bertz CT molecular complexity index is 850. The molecule has 1 fully saturated rings. The summed E-state index contributed by atoms with van der Waals surface area (Å²) in [5.41, 5.74) is 2.33. The second kappa shape index (κ2) is 9.31. The van der Waals surface area contributed by atoms with E-state index in [2.05, 4.69) is 33.8 Å². The van der Waals surface area contributed by atoms with Crippen LogP contribution in [0.1, 0.15) is 35.9 Å². The number of aromatic nitrogens is 1. The summed E-state index contributed by atoms with van der Waals surface area (Å²) in [4.78, 5) is 17.0. The number of amides is 1. The normalized spacial score (nSPS) is 19.0. The van der Waals surface area contributed by atoms with Crippen LogP contribution in [-0.2, 0) is 11.2 Å². The summed E-state index contributed by atoms with van der Waals surface area (Å²) in [6.07, 6.45) is 3.72. The lowest BCUT2D eigenvalue weighted by atomic mass is 10.1. The molecule has 0 unspecified atom stereocenters. The monoisotopic (exact) mass is 401 g/mol. The van der Waals surface area contributed by atoms with Crippen LogP contribution >= 0.6 is 23.7 Å². The standard InChI is InChI=1S/C21H23N3OS.ClH/c25-21(18-13-12-16(23-18)15-7-2-1-3-8-15)22-14-6-11-20-24-17-9-4-5-10-19(17)26-20;/h1-5,7-10,16,18,23H,6,11-14H2,(H,22,25);1H/t16-,18-;/m1./s1. The van der Waals surface area contributed by atoms with Gasteiger partial charge in [-0.15, -0.1) is 23.7 Å². The Kier molecular flexibility index (Phi) is 6.83. The fraction of sp³-hybridized carbons (Fsp3) is 0.333. The van der Waals surface area contributed by atoms with Crippen LogP contribution in [0.4, 0.5) is 0 Å². The number of aryl methyl sites for hydroxylation is 1. The predicted octanol–water partition coefficient (Wildman–Crippen LogP) is 4.26. The van der Waals surface area contributed by atoms with E-state index in [9.17, 15) is 4.79 Å². The summed E-state index contributed by atoms with van der Waals surface area (Å²) >= 11 is 1.74. The zero-order valence-corrected chi connectivity index (χ0v) is 16.7. The van der Waals surface area contributed by atoms with Crippen LogP contribution in [0.3, 0.4) is 0 Å². The van der Waals surface area contributed by atoms with Crippen LogP contribution in [0.25, 0.3) is 10.2 Å². The highest BCUT2D eigenvalue weighted by molar-refractivity contribution is 7.18.